The highest BCUT2D eigenvalue weighted by molar-refractivity contribution is 5.95. The lowest BCUT2D eigenvalue weighted by Crippen LogP contribution is -2.48. The first-order chi connectivity index (χ1) is 17.5. The molecule has 1 fully saturated rings. The van der Waals surface area contributed by atoms with Gasteiger partial charge in [0.25, 0.3) is 11.8 Å². The second kappa shape index (κ2) is 11.8. The van der Waals surface area contributed by atoms with Crippen LogP contribution < -0.4 is 15.0 Å². The number of anilines is 1. The monoisotopic (exact) mass is 485 g/mol. The third kappa shape index (κ3) is 5.88. The summed E-state index contributed by atoms with van der Waals surface area (Å²) in [5, 5.41) is 2.90. The average Bonchev–Trinajstić information content (AvgIpc) is 2.92. The molecule has 1 saturated heterocycles. The third-order valence-corrected chi connectivity index (χ3v) is 6.53. The van der Waals surface area contributed by atoms with Gasteiger partial charge in [0, 0.05) is 49.5 Å². The fourth-order valence-corrected chi connectivity index (χ4v) is 4.56. The van der Waals surface area contributed by atoms with Gasteiger partial charge in [0.1, 0.15) is 5.75 Å². The first-order valence-corrected chi connectivity index (χ1v) is 12.8. The fourth-order valence-electron chi connectivity index (χ4n) is 4.56. The van der Waals surface area contributed by atoms with E-state index in [1.54, 1.807) is 0 Å². The summed E-state index contributed by atoms with van der Waals surface area (Å²) < 4.78 is 5.64. The SMILES string of the molecule is CCCNC(=O)c1ccc(N2CCN(C(=O)c3ccc(-c4cccc(OCC)c4)c(C)c3)CC2)cc1. The van der Waals surface area contributed by atoms with Crippen LogP contribution in [0.2, 0.25) is 0 Å². The van der Waals surface area contributed by atoms with Crippen LogP contribution in [0.15, 0.2) is 66.7 Å². The molecule has 1 aliphatic rings. The van der Waals surface area contributed by atoms with Crippen molar-refractivity contribution in [2.45, 2.75) is 27.2 Å². The Balaban J connectivity index is 1.37. The number of carbonyl (C=O) groups is 2. The number of rotatable bonds is 8. The quantitative estimate of drug-likeness (QED) is 0.479. The molecule has 4 rings (SSSR count). The van der Waals surface area contributed by atoms with Gasteiger partial charge in [-0.2, -0.15) is 0 Å². The number of aryl methyl sites for hydroxylation is 1. The minimum Gasteiger partial charge on any atom is -0.494 e. The van der Waals surface area contributed by atoms with E-state index in [-0.39, 0.29) is 11.8 Å². The standard InChI is InChI=1S/C30H35N3O3/c1-4-15-31-29(34)23-9-12-26(13-10-23)32-16-18-33(19-17-32)30(35)25-11-14-28(22(3)20-25)24-7-6-8-27(21-24)36-5-2/h6-14,20-21H,4-5,15-19H2,1-3H3,(H,31,34). The van der Waals surface area contributed by atoms with E-state index in [0.29, 0.717) is 37.4 Å². The van der Waals surface area contributed by atoms with E-state index in [1.807, 2.05) is 86.3 Å². The summed E-state index contributed by atoms with van der Waals surface area (Å²) in [5.41, 5.74) is 5.71. The minimum atomic E-state index is -0.0397. The van der Waals surface area contributed by atoms with Gasteiger partial charge in [0.05, 0.1) is 6.61 Å². The molecule has 2 amide bonds. The molecule has 188 valence electrons. The lowest BCUT2D eigenvalue weighted by molar-refractivity contribution is 0.0746. The van der Waals surface area contributed by atoms with Crippen LogP contribution in [0.1, 0.15) is 46.5 Å². The predicted molar refractivity (Wildman–Crippen MR) is 145 cm³/mol. The van der Waals surface area contributed by atoms with Gasteiger partial charge in [-0.25, -0.2) is 0 Å². The zero-order chi connectivity index (χ0) is 25.5. The Hall–Kier alpha value is -3.80. The molecule has 0 bridgehead atoms. The van der Waals surface area contributed by atoms with Gasteiger partial charge in [-0.3, -0.25) is 9.59 Å². The number of hydrogen-bond donors (Lipinski definition) is 1. The number of hydrogen-bond acceptors (Lipinski definition) is 4. The summed E-state index contributed by atoms with van der Waals surface area (Å²) in [5.74, 6) is 0.874. The highest BCUT2D eigenvalue weighted by Crippen LogP contribution is 2.28. The zero-order valence-corrected chi connectivity index (χ0v) is 21.4. The van der Waals surface area contributed by atoms with E-state index >= 15 is 0 Å². The van der Waals surface area contributed by atoms with E-state index in [0.717, 1.165) is 47.6 Å². The van der Waals surface area contributed by atoms with Crippen molar-refractivity contribution < 1.29 is 14.3 Å². The van der Waals surface area contributed by atoms with Crippen molar-refractivity contribution in [2.24, 2.45) is 0 Å². The molecule has 0 spiro atoms. The molecule has 0 aliphatic carbocycles. The summed E-state index contributed by atoms with van der Waals surface area (Å²) in [4.78, 5) is 29.6. The van der Waals surface area contributed by atoms with Gasteiger partial charge < -0.3 is 19.9 Å². The molecule has 0 unspecified atom stereocenters. The lowest BCUT2D eigenvalue weighted by Gasteiger charge is -2.36. The van der Waals surface area contributed by atoms with Gasteiger partial charge in [-0.05, 0) is 85.5 Å². The summed E-state index contributed by atoms with van der Waals surface area (Å²) in [6.45, 7) is 10.2. The van der Waals surface area contributed by atoms with E-state index in [9.17, 15) is 9.59 Å². The van der Waals surface area contributed by atoms with Crippen LogP contribution in [0, 0.1) is 6.92 Å². The molecule has 6 nitrogen and oxygen atoms in total. The van der Waals surface area contributed by atoms with Gasteiger partial charge >= 0.3 is 0 Å². The molecular weight excluding hydrogens is 450 g/mol. The molecule has 36 heavy (non-hydrogen) atoms. The molecular formula is C30H35N3O3. The molecule has 0 radical (unpaired) electrons. The third-order valence-electron chi connectivity index (χ3n) is 6.53. The first-order valence-electron chi connectivity index (χ1n) is 12.8. The van der Waals surface area contributed by atoms with Crippen LogP contribution in [-0.4, -0.2) is 56.0 Å². The molecule has 0 saturated carbocycles. The molecule has 3 aromatic rings. The van der Waals surface area contributed by atoms with Crippen LogP contribution >= 0.6 is 0 Å². The topological polar surface area (TPSA) is 61.9 Å². The number of amides is 2. The summed E-state index contributed by atoms with van der Waals surface area (Å²) in [6.07, 6.45) is 0.916. The lowest BCUT2D eigenvalue weighted by atomic mass is 9.97. The largest absolute Gasteiger partial charge is 0.494 e. The number of benzene rings is 3. The highest BCUT2D eigenvalue weighted by atomic mass is 16.5. The smallest absolute Gasteiger partial charge is 0.253 e. The van der Waals surface area contributed by atoms with Crippen molar-refractivity contribution in [3.8, 4) is 16.9 Å². The Bertz CT molecular complexity index is 1200. The molecule has 6 heteroatoms. The average molecular weight is 486 g/mol. The molecule has 1 N–H and O–H groups in total. The Kier molecular flexibility index (Phi) is 8.26. The van der Waals surface area contributed by atoms with Gasteiger partial charge in [-0.15, -0.1) is 0 Å². The zero-order valence-electron chi connectivity index (χ0n) is 21.4. The Labute approximate surface area is 213 Å². The minimum absolute atomic E-state index is 0.0397. The van der Waals surface area contributed by atoms with Crippen LogP contribution in [0.25, 0.3) is 11.1 Å². The molecule has 1 aliphatic heterocycles. The van der Waals surface area contributed by atoms with E-state index in [4.69, 9.17) is 4.74 Å². The molecule has 0 aromatic heterocycles. The maximum absolute atomic E-state index is 13.2. The number of piperazine rings is 1. The van der Waals surface area contributed by atoms with Crippen molar-refractivity contribution in [3.05, 3.63) is 83.4 Å². The fraction of sp³-hybridized carbons (Fsp3) is 0.333. The summed E-state index contributed by atoms with van der Waals surface area (Å²) in [7, 11) is 0. The second-order valence-corrected chi connectivity index (χ2v) is 9.07. The summed E-state index contributed by atoms with van der Waals surface area (Å²) in [6, 6.07) is 21.7. The normalized spacial score (nSPS) is 13.4. The van der Waals surface area contributed by atoms with Gasteiger partial charge in [0.2, 0.25) is 0 Å². The van der Waals surface area contributed by atoms with E-state index in [1.165, 1.54) is 0 Å². The number of nitrogens with one attached hydrogen (secondary N) is 1. The van der Waals surface area contributed by atoms with Crippen molar-refractivity contribution >= 4 is 17.5 Å². The Morgan fingerprint density at radius 1 is 0.889 bits per heavy atom. The van der Waals surface area contributed by atoms with Crippen LogP contribution in [-0.2, 0) is 0 Å². The van der Waals surface area contributed by atoms with Crippen molar-refractivity contribution in [1.82, 2.24) is 10.2 Å². The maximum atomic E-state index is 13.2. The number of ether oxygens (including phenoxy) is 1. The Morgan fingerprint density at radius 3 is 2.28 bits per heavy atom. The Morgan fingerprint density at radius 2 is 1.61 bits per heavy atom. The molecule has 0 atom stereocenters. The van der Waals surface area contributed by atoms with Crippen LogP contribution in [0.5, 0.6) is 5.75 Å². The second-order valence-electron chi connectivity index (χ2n) is 9.07. The van der Waals surface area contributed by atoms with E-state index in [2.05, 4.69) is 16.3 Å². The first kappa shape index (κ1) is 25.3. The van der Waals surface area contributed by atoms with Crippen LogP contribution in [0.3, 0.4) is 0 Å². The van der Waals surface area contributed by atoms with Gasteiger partial charge in [0.15, 0.2) is 0 Å². The van der Waals surface area contributed by atoms with Crippen molar-refractivity contribution in [2.75, 3.05) is 44.2 Å². The van der Waals surface area contributed by atoms with Gasteiger partial charge in [-0.1, -0.05) is 25.1 Å². The van der Waals surface area contributed by atoms with Crippen molar-refractivity contribution in [3.63, 3.8) is 0 Å². The number of carbonyl (C=O) groups excluding carboxylic acids is 2. The highest BCUT2D eigenvalue weighted by Gasteiger charge is 2.23. The maximum Gasteiger partial charge on any atom is 0.253 e. The summed E-state index contributed by atoms with van der Waals surface area (Å²) >= 11 is 0. The van der Waals surface area contributed by atoms with Crippen LogP contribution in [0.4, 0.5) is 5.69 Å². The predicted octanol–water partition coefficient (Wildman–Crippen LogP) is 5.16. The number of nitrogens with zero attached hydrogens (tertiary/aromatic N) is 2. The molecule has 1 heterocycles. The van der Waals surface area contributed by atoms with Crippen molar-refractivity contribution in [1.29, 1.82) is 0 Å². The molecule has 3 aromatic carbocycles. The van der Waals surface area contributed by atoms with E-state index < -0.39 is 0 Å².